The number of ether oxygens (including phenoxy) is 6. The summed E-state index contributed by atoms with van der Waals surface area (Å²) in [5, 5.41) is 21.6. The molecule has 2 saturated heterocycles. The van der Waals surface area contributed by atoms with Crippen molar-refractivity contribution in [2.45, 2.75) is 54.3 Å². The van der Waals surface area contributed by atoms with E-state index in [1.54, 1.807) is 38.5 Å². The van der Waals surface area contributed by atoms with Crippen molar-refractivity contribution in [3.63, 3.8) is 0 Å². The number of rotatable bonds is 7. The maximum absolute atomic E-state index is 13.2. The normalized spacial score (nSPS) is 34.0. The van der Waals surface area contributed by atoms with Gasteiger partial charge in [-0.3, -0.25) is 4.90 Å². The van der Waals surface area contributed by atoms with E-state index in [2.05, 4.69) is 11.9 Å². The van der Waals surface area contributed by atoms with Crippen molar-refractivity contribution in [3.8, 4) is 23.0 Å². The van der Waals surface area contributed by atoms with Crippen molar-refractivity contribution in [1.29, 1.82) is 0 Å². The maximum atomic E-state index is 13.2. The first-order chi connectivity index (χ1) is 19.2. The number of fused-ring (bicyclic) bond motifs is 3. The van der Waals surface area contributed by atoms with E-state index in [1.807, 2.05) is 6.07 Å². The first kappa shape index (κ1) is 26.9. The Morgan fingerprint density at radius 1 is 1.07 bits per heavy atom. The number of carbonyl (C=O) groups excluding carboxylic acids is 1. The summed E-state index contributed by atoms with van der Waals surface area (Å²) in [7, 11) is 8.22. The van der Waals surface area contributed by atoms with Crippen LogP contribution in [0.2, 0.25) is 0 Å². The molecule has 6 atom stereocenters. The largest absolute Gasteiger partial charge is 0.504 e. The molecule has 4 aliphatic rings. The van der Waals surface area contributed by atoms with Crippen LogP contribution in [0.25, 0.3) is 6.08 Å². The van der Waals surface area contributed by atoms with Crippen molar-refractivity contribution < 1.29 is 43.4 Å². The van der Waals surface area contributed by atoms with Gasteiger partial charge in [0.1, 0.15) is 12.2 Å². The Balaban J connectivity index is 1.42. The Bertz CT molecular complexity index is 1380. The zero-order valence-electron chi connectivity index (χ0n) is 23.3. The molecule has 2 aliphatic heterocycles. The molecule has 0 unspecified atom stereocenters. The molecule has 0 aromatic heterocycles. The molecule has 2 heterocycles. The Labute approximate surface area is 233 Å². The number of benzene rings is 2. The maximum Gasteiger partial charge on any atom is 0.331 e. The third kappa shape index (κ3) is 3.27. The van der Waals surface area contributed by atoms with Gasteiger partial charge in [0.05, 0.1) is 25.9 Å². The highest BCUT2D eigenvalue weighted by atomic mass is 16.7. The lowest BCUT2D eigenvalue weighted by Crippen LogP contribution is -2.77. The second-order valence-electron chi connectivity index (χ2n) is 11.0. The van der Waals surface area contributed by atoms with Gasteiger partial charge in [-0.1, -0.05) is 12.1 Å². The van der Waals surface area contributed by atoms with Crippen LogP contribution in [0.5, 0.6) is 23.0 Å². The third-order valence-corrected chi connectivity index (χ3v) is 9.61. The van der Waals surface area contributed by atoms with E-state index in [-0.39, 0.29) is 17.6 Å². The van der Waals surface area contributed by atoms with Crippen LogP contribution >= 0.6 is 0 Å². The van der Waals surface area contributed by atoms with Crippen LogP contribution in [-0.2, 0) is 29.2 Å². The lowest BCUT2D eigenvalue weighted by atomic mass is 9.50. The molecule has 1 saturated carbocycles. The average molecular weight is 554 g/mol. The number of carbonyl (C=O) groups is 1. The smallest absolute Gasteiger partial charge is 0.331 e. The summed E-state index contributed by atoms with van der Waals surface area (Å²) in [5.41, 5.74) is 0.935. The highest BCUT2D eigenvalue weighted by molar-refractivity contribution is 5.87. The molecule has 1 spiro atoms. The minimum atomic E-state index is -1.27. The predicted molar refractivity (Wildman–Crippen MR) is 143 cm³/mol. The summed E-state index contributed by atoms with van der Waals surface area (Å²) in [6.07, 6.45) is 2.78. The summed E-state index contributed by atoms with van der Waals surface area (Å²) in [4.78, 5) is 15.5. The fourth-order valence-corrected chi connectivity index (χ4v) is 8.14. The number of likely N-dealkylation sites (tertiary alicyclic amines) is 1. The molecule has 2 bridgehead atoms. The summed E-state index contributed by atoms with van der Waals surface area (Å²) in [6.45, 7) is 0.731. The number of methoxy groups -OCH3 is 4. The highest BCUT2D eigenvalue weighted by Gasteiger charge is 2.83. The van der Waals surface area contributed by atoms with E-state index < -0.39 is 34.9 Å². The summed E-state index contributed by atoms with van der Waals surface area (Å²) >= 11 is 0. The number of hydrogen-bond acceptors (Lipinski definition) is 10. The van der Waals surface area contributed by atoms with Crippen LogP contribution in [0.1, 0.15) is 42.1 Å². The lowest BCUT2D eigenvalue weighted by molar-refractivity contribution is -0.339. The van der Waals surface area contributed by atoms with Gasteiger partial charge in [0, 0.05) is 37.7 Å². The Morgan fingerprint density at radius 3 is 2.50 bits per heavy atom. The second kappa shape index (κ2) is 9.37. The number of likely N-dealkylation sites (N-methyl/N-ethyl adjacent to an activating group) is 1. The number of nitrogens with zero attached hydrogens (tertiary/aromatic N) is 1. The summed E-state index contributed by atoms with van der Waals surface area (Å²) in [5.74, 6) is -1.08. The standard InChI is InChI=1S/C30H35NO9/c1-31-13-12-28-15-23(39-24(33)11-7-17-6-9-20(35-2)19(32)14-17)27(37-4)30(38-5)29(28,31)16-22(40-30)18-8-10-21(36-3)26(34)25(18)28/h6-11,14,22-23,27,32,34H,12-13,15-16H2,1-5H3/b11-7+/t22-,23-,27-,28-,29-,30+/m0/s1. The minimum Gasteiger partial charge on any atom is -0.504 e. The molecule has 0 radical (unpaired) electrons. The van der Waals surface area contributed by atoms with Crippen LogP contribution in [0, 0.1) is 0 Å². The van der Waals surface area contributed by atoms with Crippen LogP contribution in [0.15, 0.2) is 36.4 Å². The molecular formula is C30H35NO9. The van der Waals surface area contributed by atoms with Crippen molar-refractivity contribution in [2.75, 3.05) is 42.0 Å². The van der Waals surface area contributed by atoms with Gasteiger partial charge >= 0.3 is 5.97 Å². The zero-order chi connectivity index (χ0) is 28.4. The number of hydrogen-bond donors (Lipinski definition) is 2. The van der Waals surface area contributed by atoms with Crippen LogP contribution in [0.3, 0.4) is 0 Å². The van der Waals surface area contributed by atoms with Crippen LogP contribution in [0.4, 0.5) is 0 Å². The molecular weight excluding hydrogens is 518 g/mol. The summed E-state index contributed by atoms with van der Waals surface area (Å²) < 4.78 is 35.9. The molecule has 2 N–H and O–H groups in total. The number of esters is 1. The van der Waals surface area contributed by atoms with Crippen molar-refractivity contribution in [1.82, 2.24) is 4.90 Å². The van der Waals surface area contributed by atoms with Crippen molar-refractivity contribution in [2.24, 2.45) is 0 Å². The van der Waals surface area contributed by atoms with Crippen LogP contribution in [-0.4, -0.2) is 86.6 Å². The molecule has 3 fully saturated rings. The van der Waals surface area contributed by atoms with E-state index in [4.69, 9.17) is 28.4 Å². The van der Waals surface area contributed by atoms with E-state index in [0.717, 1.165) is 17.7 Å². The molecule has 2 aromatic rings. The fraction of sp³-hybridized carbons (Fsp3) is 0.500. The van der Waals surface area contributed by atoms with Crippen LogP contribution < -0.4 is 9.47 Å². The zero-order valence-corrected chi connectivity index (χ0v) is 23.3. The monoisotopic (exact) mass is 553 g/mol. The number of aromatic hydroxyl groups is 2. The highest BCUT2D eigenvalue weighted by Crippen LogP contribution is 2.73. The van der Waals surface area contributed by atoms with E-state index >= 15 is 0 Å². The Hall–Kier alpha value is -3.31. The predicted octanol–water partition coefficient (Wildman–Crippen LogP) is 3.29. The molecule has 2 aromatic carbocycles. The van der Waals surface area contributed by atoms with Crippen molar-refractivity contribution >= 4 is 12.0 Å². The number of phenolic OH excluding ortho intramolecular Hbond substituents is 2. The van der Waals surface area contributed by atoms with Gasteiger partial charge in [0.2, 0.25) is 5.79 Å². The summed E-state index contributed by atoms with van der Waals surface area (Å²) in [6, 6.07) is 8.55. The van der Waals surface area contributed by atoms with Gasteiger partial charge < -0.3 is 38.6 Å². The molecule has 10 heteroatoms. The minimum absolute atomic E-state index is 0.0318. The molecule has 214 valence electrons. The molecule has 6 rings (SSSR count). The Kier molecular flexibility index (Phi) is 6.30. The Morgan fingerprint density at radius 2 is 1.82 bits per heavy atom. The van der Waals surface area contributed by atoms with E-state index in [0.29, 0.717) is 36.3 Å². The van der Waals surface area contributed by atoms with E-state index in [1.165, 1.54) is 26.4 Å². The average Bonchev–Trinajstić information content (AvgIpc) is 3.45. The topological polar surface area (TPSA) is 116 Å². The first-order valence-corrected chi connectivity index (χ1v) is 13.3. The first-order valence-electron chi connectivity index (χ1n) is 13.3. The van der Waals surface area contributed by atoms with Gasteiger partial charge in [-0.15, -0.1) is 0 Å². The third-order valence-electron chi connectivity index (χ3n) is 9.61. The molecule has 0 amide bonds. The van der Waals surface area contributed by atoms with Gasteiger partial charge in [-0.2, -0.15) is 0 Å². The van der Waals surface area contributed by atoms with Gasteiger partial charge in [0.15, 0.2) is 23.0 Å². The lowest BCUT2D eigenvalue weighted by Gasteiger charge is -2.61. The second-order valence-corrected chi connectivity index (χ2v) is 11.0. The molecule has 2 aliphatic carbocycles. The molecule has 10 nitrogen and oxygen atoms in total. The van der Waals surface area contributed by atoms with Crippen molar-refractivity contribution in [3.05, 3.63) is 53.1 Å². The quantitative estimate of drug-likeness (QED) is 0.391. The van der Waals surface area contributed by atoms with E-state index in [9.17, 15) is 15.0 Å². The van der Waals surface area contributed by atoms with Gasteiger partial charge in [-0.25, -0.2) is 4.79 Å². The van der Waals surface area contributed by atoms with Gasteiger partial charge in [0.25, 0.3) is 0 Å². The SMILES string of the molecule is COc1ccc(/C=C/C(=O)O[C@H]2C[C@]34CCN(C)[C@@]35C[C@H](O[C@]5(OC)[C@H]2OC)c2ccc(OC)c(O)c24)cc1O. The number of phenols is 2. The fourth-order valence-electron chi connectivity index (χ4n) is 8.14. The molecule has 40 heavy (non-hydrogen) atoms. The van der Waals surface area contributed by atoms with Gasteiger partial charge in [-0.05, 0) is 61.8 Å².